The summed E-state index contributed by atoms with van der Waals surface area (Å²) in [5.41, 5.74) is 2.90. The molecule has 0 fully saturated rings. The number of hydrogen-bond donors (Lipinski definition) is 0. The first-order valence-electron chi connectivity index (χ1n) is 11.5. The number of unbranched alkanes of at least 4 members (excludes halogenated alkanes) is 7. The standard InChI is InChI=1S/C26H36N2O2/c1-3-5-7-8-9-10-11-13-26(29)30-25-20-18-24(19-21-25)28-27-23-16-14-22(15-17-23)12-6-4-2/h14-21H,3-13H2,1-2H3. The van der Waals surface area contributed by atoms with Crippen LogP contribution in [-0.4, -0.2) is 5.97 Å². The number of benzene rings is 2. The lowest BCUT2D eigenvalue weighted by atomic mass is 10.1. The zero-order valence-corrected chi connectivity index (χ0v) is 18.6. The van der Waals surface area contributed by atoms with Crippen LogP contribution in [0.2, 0.25) is 0 Å². The first kappa shape index (κ1) is 23.8. The van der Waals surface area contributed by atoms with E-state index < -0.39 is 0 Å². The molecule has 0 aliphatic carbocycles. The van der Waals surface area contributed by atoms with E-state index >= 15 is 0 Å². The van der Waals surface area contributed by atoms with Crippen molar-refractivity contribution in [3.8, 4) is 5.75 Å². The Bertz CT molecular complexity index is 752. The van der Waals surface area contributed by atoms with E-state index in [2.05, 4.69) is 36.2 Å². The molecule has 30 heavy (non-hydrogen) atoms. The predicted octanol–water partition coefficient (Wildman–Crippen LogP) is 8.49. The number of azo groups is 1. The first-order valence-corrected chi connectivity index (χ1v) is 11.5. The fourth-order valence-electron chi connectivity index (χ4n) is 3.22. The summed E-state index contributed by atoms with van der Waals surface area (Å²) < 4.78 is 5.41. The van der Waals surface area contributed by atoms with E-state index in [4.69, 9.17) is 4.74 Å². The number of nitrogens with zero attached hydrogens (tertiary/aromatic N) is 2. The van der Waals surface area contributed by atoms with Crippen LogP contribution in [0.1, 0.15) is 83.6 Å². The molecule has 162 valence electrons. The molecule has 2 aromatic rings. The molecule has 4 nitrogen and oxygen atoms in total. The molecule has 0 saturated heterocycles. The lowest BCUT2D eigenvalue weighted by molar-refractivity contribution is -0.134. The van der Waals surface area contributed by atoms with Gasteiger partial charge in [0.15, 0.2) is 0 Å². The van der Waals surface area contributed by atoms with Crippen molar-refractivity contribution in [2.45, 2.75) is 84.5 Å². The minimum absolute atomic E-state index is 0.166. The van der Waals surface area contributed by atoms with E-state index in [1.807, 2.05) is 24.3 Å². The van der Waals surface area contributed by atoms with E-state index in [1.165, 1.54) is 50.5 Å². The number of rotatable bonds is 14. The Balaban J connectivity index is 1.71. The summed E-state index contributed by atoms with van der Waals surface area (Å²) in [6.45, 7) is 4.42. The monoisotopic (exact) mass is 408 g/mol. The summed E-state index contributed by atoms with van der Waals surface area (Å²) in [6.07, 6.45) is 12.3. The molecule has 0 aliphatic heterocycles. The van der Waals surface area contributed by atoms with Gasteiger partial charge in [0.05, 0.1) is 11.4 Å². The Morgan fingerprint density at radius 1 is 0.700 bits per heavy atom. The average Bonchev–Trinajstić information content (AvgIpc) is 2.77. The molecule has 0 bridgehead atoms. The van der Waals surface area contributed by atoms with E-state index in [-0.39, 0.29) is 5.97 Å². The van der Waals surface area contributed by atoms with E-state index in [0.717, 1.165) is 30.6 Å². The van der Waals surface area contributed by atoms with Crippen molar-refractivity contribution in [1.82, 2.24) is 0 Å². The number of esters is 1. The predicted molar refractivity (Wildman–Crippen MR) is 124 cm³/mol. The van der Waals surface area contributed by atoms with Crippen LogP contribution in [0, 0.1) is 0 Å². The molecule has 4 heteroatoms. The molecule has 0 heterocycles. The number of carbonyl (C=O) groups excluding carboxylic acids is 1. The first-order chi connectivity index (χ1) is 14.7. The third-order valence-corrected chi connectivity index (χ3v) is 5.09. The molecule has 0 radical (unpaired) electrons. The summed E-state index contributed by atoms with van der Waals surface area (Å²) in [7, 11) is 0. The van der Waals surface area contributed by atoms with Crippen LogP contribution >= 0.6 is 0 Å². The van der Waals surface area contributed by atoms with Gasteiger partial charge >= 0.3 is 5.97 Å². The molecule has 2 aromatic carbocycles. The highest BCUT2D eigenvalue weighted by Gasteiger charge is 2.05. The van der Waals surface area contributed by atoms with Gasteiger partial charge in [0, 0.05) is 6.42 Å². The van der Waals surface area contributed by atoms with E-state index in [0.29, 0.717) is 12.2 Å². The molecule has 2 rings (SSSR count). The number of hydrogen-bond acceptors (Lipinski definition) is 4. The van der Waals surface area contributed by atoms with Crippen LogP contribution in [0.5, 0.6) is 5.75 Å². The summed E-state index contributed by atoms with van der Waals surface area (Å²) in [5, 5.41) is 8.55. The molecule has 0 aromatic heterocycles. The molecule has 0 saturated carbocycles. The second-order valence-electron chi connectivity index (χ2n) is 7.81. The van der Waals surface area contributed by atoms with Crippen LogP contribution in [0.15, 0.2) is 58.8 Å². The van der Waals surface area contributed by atoms with Crippen LogP contribution in [0.3, 0.4) is 0 Å². The Hall–Kier alpha value is -2.49. The van der Waals surface area contributed by atoms with Crippen LogP contribution in [0.4, 0.5) is 11.4 Å². The van der Waals surface area contributed by atoms with Gasteiger partial charge < -0.3 is 4.74 Å². The third-order valence-electron chi connectivity index (χ3n) is 5.09. The number of ether oxygens (including phenoxy) is 1. The van der Waals surface area contributed by atoms with Crippen LogP contribution in [0.25, 0.3) is 0 Å². The third kappa shape index (κ3) is 9.82. The highest BCUT2D eigenvalue weighted by Crippen LogP contribution is 2.22. The average molecular weight is 409 g/mol. The Morgan fingerprint density at radius 3 is 1.83 bits per heavy atom. The maximum atomic E-state index is 12.0. The highest BCUT2D eigenvalue weighted by atomic mass is 16.5. The van der Waals surface area contributed by atoms with Crippen LogP contribution in [-0.2, 0) is 11.2 Å². The quantitative estimate of drug-likeness (QED) is 0.136. The SMILES string of the molecule is CCCCCCCCCC(=O)Oc1ccc(N=Nc2ccc(CCCC)cc2)cc1. The molecule has 0 aliphatic rings. The van der Waals surface area contributed by atoms with Crippen molar-refractivity contribution >= 4 is 17.3 Å². The second kappa shape index (κ2) is 14.5. The summed E-state index contributed by atoms with van der Waals surface area (Å²) in [5.74, 6) is 0.392. The number of aryl methyl sites for hydroxylation is 1. The van der Waals surface area contributed by atoms with Gasteiger partial charge in [-0.15, -0.1) is 0 Å². The lowest BCUT2D eigenvalue weighted by Gasteiger charge is -2.05. The van der Waals surface area contributed by atoms with Crippen molar-refractivity contribution in [3.05, 3.63) is 54.1 Å². The minimum atomic E-state index is -0.166. The smallest absolute Gasteiger partial charge is 0.311 e. The molecule has 0 amide bonds. The van der Waals surface area contributed by atoms with Crippen LogP contribution < -0.4 is 4.74 Å². The van der Waals surface area contributed by atoms with Crippen molar-refractivity contribution in [2.24, 2.45) is 10.2 Å². The number of carbonyl (C=O) groups is 1. The lowest BCUT2D eigenvalue weighted by Crippen LogP contribution is -2.07. The van der Waals surface area contributed by atoms with Gasteiger partial charge in [0.1, 0.15) is 5.75 Å². The topological polar surface area (TPSA) is 51.0 Å². The molecular formula is C26H36N2O2. The molecule has 0 spiro atoms. The van der Waals surface area contributed by atoms with Crippen molar-refractivity contribution in [3.63, 3.8) is 0 Å². The van der Waals surface area contributed by atoms with Gasteiger partial charge in [-0.05, 0) is 61.2 Å². The molecular weight excluding hydrogens is 372 g/mol. The van der Waals surface area contributed by atoms with Gasteiger partial charge in [-0.1, -0.05) is 70.9 Å². The van der Waals surface area contributed by atoms with Gasteiger partial charge in [-0.2, -0.15) is 10.2 Å². The maximum absolute atomic E-state index is 12.0. The normalized spacial score (nSPS) is 11.1. The fourth-order valence-corrected chi connectivity index (χ4v) is 3.22. The molecule has 0 N–H and O–H groups in total. The van der Waals surface area contributed by atoms with Gasteiger partial charge in [0.2, 0.25) is 0 Å². The maximum Gasteiger partial charge on any atom is 0.311 e. The summed E-state index contributed by atoms with van der Waals surface area (Å²) in [4.78, 5) is 12.0. The Kier molecular flexibility index (Phi) is 11.5. The van der Waals surface area contributed by atoms with E-state index in [9.17, 15) is 4.79 Å². The summed E-state index contributed by atoms with van der Waals surface area (Å²) >= 11 is 0. The zero-order chi connectivity index (χ0) is 21.4. The Labute approximate surface area is 181 Å². The molecule has 0 unspecified atom stereocenters. The fraction of sp³-hybridized carbons (Fsp3) is 0.500. The molecule has 0 atom stereocenters. The van der Waals surface area contributed by atoms with Gasteiger partial charge in [-0.25, -0.2) is 0 Å². The Morgan fingerprint density at radius 2 is 1.23 bits per heavy atom. The highest BCUT2D eigenvalue weighted by molar-refractivity contribution is 5.72. The van der Waals surface area contributed by atoms with Gasteiger partial charge in [-0.3, -0.25) is 4.79 Å². The largest absolute Gasteiger partial charge is 0.427 e. The minimum Gasteiger partial charge on any atom is -0.427 e. The van der Waals surface area contributed by atoms with Crippen molar-refractivity contribution < 1.29 is 9.53 Å². The van der Waals surface area contributed by atoms with Crippen molar-refractivity contribution in [2.75, 3.05) is 0 Å². The second-order valence-corrected chi connectivity index (χ2v) is 7.81. The van der Waals surface area contributed by atoms with Gasteiger partial charge in [0.25, 0.3) is 0 Å². The summed E-state index contributed by atoms with van der Waals surface area (Å²) in [6, 6.07) is 15.4. The zero-order valence-electron chi connectivity index (χ0n) is 18.6. The van der Waals surface area contributed by atoms with E-state index in [1.54, 1.807) is 12.1 Å². The van der Waals surface area contributed by atoms with Crippen molar-refractivity contribution in [1.29, 1.82) is 0 Å².